The number of fused-ring (bicyclic) bond motifs is 1. The highest BCUT2D eigenvalue weighted by Crippen LogP contribution is 2.34. The maximum atomic E-state index is 12.3. The normalized spacial score (nSPS) is 14.3. The van der Waals surface area contributed by atoms with Gasteiger partial charge >= 0.3 is 0 Å². The highest BCUT2D eigenvalue weighted by molar-refractivity contribution is 7.89. The average Bonchev–Trinajstić information content (AvgIpc) is 3.05. The number of hydrogen-bond acceptors (Lipinski definition) is 7. The van der Waals surface area contributed by atoms with Crippen LogP contribution in [0.3, 0.4) is 0 Å². The second kappa shape index (κ2) is 6.81. The fourth-order valence-electron chi connectivity index (χ4n) is 2.44. The predicted molar refractivity (Wildman–Crippen MR) is 87.7 cm³/mol. The molecule has 0 unspecified atom stereocenters. The smallest absolute Gasteiger partial charge is 0.265 e. The lowest BCUT2D eigenvalue weighted by molar-refractivity contribution is -0.121. The van der Waals surface area contributed by atoms with Crippen molar-refractivity contribution in [1.82, 2.24) is 14.9 Å². The second-order valence-corrected chi connectivity index (χ2v) is 7.12. The van der Waals surface area contributed by atoms with Crippen molar-refractivity contribution in [3.63, 3.8) is 0 Å². The minimum Gasteiger partial charge on any atom is -0.482 e. The molecule has 2 aromatic rings. The third-order valence-corrected chi connectivity index (χ3v) is 5.17. The Morgan fingerprint density at radius 3 is 2.80 bits per heavy atom. The lowest BCUT2D eigenvalue weighted by Crippen LogP contribution is -2.38. The quantitative estimate of drug-likeness (QED) is 0.806. The lowest BCUT2D eigenvalue weighted by Gasteiger charge is -2.28. The Balaban J connectivity index is 1.97. The van der Waals surface area contributed by atoms with E-state index in [0.717, 1.165) is 0 Å². The largest absolute Gasteiger partial charge is 0.482 e. The summed E-state index contributed by atoms with van der Waals surface area (Å²) in [5.41, 5.74) is 0.359. The zero-order valence-electron chi connectivity index (χ0n) is 13.9. The zero-order valence-corrected chi connectivity index (χ0v) is 14.7. The van der Waals surface area contributed by atoms with Crippen LogP contribution in [0.4, 0.5) is 5.69 Å². The zero-order chi connectivity index (χ0) is 18.0. The summed E-state index contributed by atoms with van der Waals surface area (Å²) < 4.78 is 37.3. The van der Waals surface area contributed by atoms with E-state index in [0.29, 0.717) is 29.6 Å². The van der Waals surface area contributed by atoms with Crippen molar-refractivity contribution < 1.29 is 22.5 Å². The van der Waals surface area contributed by atoms with E-state index in [1.54, 1.807) is 6.92 Å². The van der Waals surface area contributed by atoms with Gasteiger partial charge in [-0.15, -0.1) is 0 Å². The molecule has 0 radical (unpaired) electrons. The predicted octanol–water partition coefficient (Wildman–Crippen LogP) is 0.856. The summed E-state index contributed by atoms with van der Waals surface area (Å²) in [6.07, 6.45) is 0.589. The molecule has 25 heavy (non-hydrogen) atoms. The van der Waals surface area contributed by atoms with Crippen molar-refractivity contribution in [3.05, 3.63) is 29.9 Å². The van der Waals surface area contributed by atoms with E-state index in [-0.39, 0.29) is 30.5 Å². The van der Waals surface area contributed by atoms with Crippen LogP contribution in [0.5, 0.6) is 5.75 Å². The number of rotatable bonds is 6. The molecule has 3 rings (SSSR count). The van der Waals surface area contributed by atoms with Gasteiger partial charge in [0.1, 0.15) is 5.75 Å². The Morgan fingerprint density at radius 1 is 1.32 bits per heavy atom. The van der Waals surface area contributed by atoms with Crippen LogP contribution in [-0.4, -0.2) is 37.6 Å². The molecule has 134 valence electrons. The molecule has 2 heterocycles. The summed E-state index contributed by atoms with van der Waals surface area (Å²) in [6.45, 7) is 3.77. The number of carbonyl (C=O) groups excluding carboxylic acids is 1. The number of ether oxygens (including phenoxy) is 1. The number of carbonyl (C=O) groups is 1. The fraction of sp³-hybridized carbons (Fsp3) is 0.400. The van der Waals surface area contributed by atoms with Gasteiger partial charge in [-0.3, -0.25) is 9.69 Å². The van der Waals surface area contributed by atoms with Crippen LogP contribution in [0.25, 0.3) is 0 Å². The Hall–Kier alpha value is -2.46. The van der Waals surface area contributed by atoms with E-state index in [1.807, 2.05) is 6.92 Å². The van der Waals surface area contributed by atoms with Crippen LogP contribution in [0, 0.1) is 0 Å². The molecule has 0 fully saturated rings. The molecule has 1 N–H and O–H groups in total. The van der Waals surface area contributed by atoms with Gasteiger partial charge in [-0.05, 0) is 18.2 Å². The number of aryl methyl sites for hydroxylation is 1. The van der Waals surface area contributed by atoms with Crippen LogP contribution in [0.15, 0.2) is 27.6 Å². The molecule has 0 atom stereocenters. The lowest BCUT2D eigenvalue weighted by atomic mass is 10.2. The van der Waals surface area contributed by atoms with Crippen LogP contribution in [0.2, 0.25) is 0 Å². The van der Waals surface area contributed by atoms with Gasteiger partial charge < -0.3 is 9.26 Å². The Bertz CT molecular complexity index is 893. The van der Waals surface area contributed by atoms with Crippen molar-refractivity contribution in [1.29, 1.82) is 0 Å². The van der Waals surface area contributed by atoms with Crippen LogP contribution < -0.4 is 14.4 Å². The number of sulfonamides is 1. The minimum atomic E-state index is -3.65. The van der Waals surface area contributed by atoms with Gasteiger partial charge in [0.25, 0.3) is 5.91 Å². The summed E-state index contributed by atoms with van der Waals surface area (Å²) in [5.74, 6) is 0.931. The van der Waals surface area contributed by atoms with Crippen LogP contribution >= 0.6 is 0 Å². The first-order chi connectivity index (χ1) is 11.9. The minimum absolute atomic E-state index is 0.0544. The van der Waals surface area contributed by atoms with Gasteiger partial charge in [0.15, 0.2) is 12.4 Å². The monoisotopic (exact) mass is 366 g/mol. The highest BCUT2D eigenvalue weighted by Gasteiger charge is 2.29. The van der Waals surface area contributed by atoms with Crippen molar-refractivity contribution in [2.24, 2.45) is 0 Å². The fourth-order valence-corrected chi connectivity index (χ4v) is 3.50. The maximum absolute atomic E-state index is 12.3. The molecule has 1 aliphatic rings. The number of aromatic nitrogens is 2. The number of anilines is 1. The Labute approximate surface area is 145 Å². The molecule has 1 aromatic heterocycles. The summed E-state index contributed by atoms with van der Waals surface area (Å²) >= 11 is 0. The number of hydrogen-bond donors (Lipinski definition) is 1. The second-order valence-electron chi connectivity index (χ2n) is 5.36. The Morgan fingerprint density at radius 2 is 2.12 bits per heavy atom. The maximum Gasteiger partial charge on any atom is 0.265 e. The third kappa shape index (κ3) is 3.49. The van der Waals surface area contributed by atoms with Crippen molar-refractivity contribution in [3.8, 4) is 5.75 Å². The number of nitrogens with one attached hydrogen (secondary N) is 1. The molecule has 0 spiro atoms. The van der Waals surface area contributed by atoms with Crippen molar-refractivity contribution >= 4 is 21.6 Å². The van der Waals surface area contributed by atoms with Gasteiger partial charge in [0, 0.05) is 13.0 Å². The van der Waals surface area contributed by atoms with Crippen molar-refractivity contribution in [2.75, 3.05) is 18.1 Å². The molecule has 0 saturated heterocycles. The highest BCUT2D eigenvalue weighted by atomic mass is 32.2. The first-order valence-electron chi connectivity index (χ1n) is 7.83. The molecule has 0 bridgehead atoms. The van der Waals surface area contributed by atoms with E-state index in [1.165, 1.54) is 23.1 Å². The van der Waals surface area contributed by atoms with Gasteiger partial charge in [0.05, 0.1) is 17.1 Å². The molecule has 1 aliphatic heterocycles. The summed E-state index contributed by atoms with van der Waals surface area (Å²) in [6, 6.07) is 4.38. The standard InChI is InChI=1S/C15H18N4O5S/c1-3-14-17-13(18-24-14)8-19-11-7-10(25(21,22)16-4-2)5-6-12(11)23-9-15(19)20/h5-7,16H,3-4,8-9H2,1-2H3. The van der Waals surface area contributed by atoms with Gasteiger partial charge in [-0.2, -0.15) is 4.98 Å². The van der Waals surface area contributed by atoms with Crippen molar-refractivity contribution in [2.45, 2.75) is 31.7 Å². The average molecular weight is 366 g/mol. The first-order valence-corrected chi connectivity index (χ1v) is 9.31. The van der Waals surface area contributed by atoms with E-state index in [2.05, 4.69) is 14.9 Å². The third-order valence-electron chi connectivity index (χ3n) is 3.63. The van der Waals surface area contributed by atoms with E-state index in [9.17, 15) is 13.2 Å². The summed E-state index contributed by atoms with van der Waals surface area (Å²) in [7, 11) is -3.65. The first kappa shape index (κ1) is 17.4. The number of benzene rings is 1. The van der Waals surface area contributed by atoms with E-state index >= 15 is 0 Å². The molecule has 10 heteroatoms. The van der Waals surface area contributed by atoms with Crippen LogP contribution in [0.1, 0.15) is 25.6 Å². The summed E-state index contributed by atoms with van der Waals surface area (Å²) in [5, 5.41) is 3.84. The molecular formula is C15H18N4O5S. The SMILES string of the molecule is CCNS(=O)(=O)c1ccc2c(c1)N(Cc1noc(CC)n1)C(=O)CO2. The van der Waals surface area contributed by atoms with Gasteiger partial charge in [-0.1, -0.05) is 19.0 Å². The topological polar surface area (TPSA) is 115 Å². The van der Waals surface area contributed by atoms with Crippen LogP contribution in [-0.2, 0) is 27.8 Å². The van der Waals surface area contributed by atoms with E-state index < -0.39 is 10.0 Å². The van der Waals surface area contributed by atoms with Gasteiger partial charge in [-0.25, -0.2) is 13.1 Å². The molecule has 9 nitrogen and oxygen atoms in total. The Kier molecular flexibility index (Phi) is 4.73. The molecule has 1 amide bonds. The van der Waals surface area contributed by atoms with Gasteiger partial charge in [0.2, 0.25) is 15.9 Å². The molecule has 0 aliphatic carbocycles. The molecule has 0 saturated carbocycles. The van der Waals surface area contributed by atoms with E-state index in [4.69, 9.17) is 9.26 Å². The molecular weight excluding hydrogens is 348 g/mol. The molecule has 1 aromatic carbocycles. The number of nitrogens with zero attached hydrogens (tertiary/aromatic N) is 3. The number of amides is 1. The summed E-state index contributed by atoms with van der Waals surface area (Å²) in [4.78, 5) is 17.9.